The summed E-state index contributed by atoms with van der Waals surface area (Å²) < 4.78 is 26.5. The Labute approximate surface area is 123 Å². The van der Waals surface area contributed by atoms with E-state index in [1.54, 1.807) is 19.4 Å². The van der Waals surface area contributed by atoms with Crippen molar-refractivity contribution in [3.8, 4) is 0 Å². The van der Waals surface area contributed by atoms with Gasteiger partial charge in [-0.05, 0) is 49.4 Å². The van der Waals surface area contributed by atoms with Crippen molar-refractivity contribution < 1.29 is 8.42 Å². The fraction of sp³-hybridized carbons (Fsp3) is 0.357. The van der Waals surface area contributed by atoms with Gasteiger partial charge in [-0.1, -0.05) is 6.07 Å². The van der Waals surface area contributed by atoms with Gasteiger partial charge in [0.15, 0.2) is 0 Å². The molecule has 106 valence electrons. The second-order valence-corrected chi connectivity index (χ2v) is 8.03. The van der Waals surface area contributed by atoms with E-state index in [1.807, 2.05) is 18.2 Å². The van der Waals surface area contributed by atoms with Crippen molar-refractivity contribution in [2.24, 2.45) is 0 Å². The molecule has 1 heterocycles. The SMILES string of the molecule is Cc1csc(S(=O)(=O)N(C)c2ccc3c(c2)CCC3)n1. The first-order valence-electron chi connectivity index (χ1n) is 6.51. The smallest absolute Gasteiger partial charge is 0.267 e. The van der Waals surface area contributed by atoms with Crippen LogP contribution in [0.3, 0.4) is 0 Å². The van der Waals surface area contributed by atoms with Crippen LogP contribution in [-0.4, -0.2) is 20.4 Å². The molecule has 1 aliphatic rings. The first kappa shape index (κ1) is 13.6. The maximum atomic E-state index is 12.5. The normalized spacial score (nSPS) is 14.3. The zero-order chi connectivity index (χ0) is 14.3. The molecule has 0 radical (unpaired) electrons. The minimum Gasteiger partial charge on any atom is -0.267 e. The van der Waals surface area contributed by atoms with E-state index in [0.717, 1.165) is 36.3 Å². The highest BCUT2D eigenvalue weighted by Gasteiger charge is 2.25. The number of anilines is 1. The van der Waals surface area contributed by atoms with E-state index in [4.69, 9.17) is 0 Å². The molecule has 0 bridgehead atoms. The van der Waals surface area contributed by atoms with Crippen LogP contribution in [0.1, 0.15) is 23.2 Å². The largest absolute Gasteiger partial charge is 0.291 e. The Morgan fingerprint density at radius 3 is 2.70 bits per heavy atom. The van der Waals surface area contributed by atoms with Crippen LogP contribution >= 0.6 is 11.3 Å². The fourth-order valence-corrected chi connectivity index (χ4v) is 4.83. The van der Waals surface area contributed by atoms with Crippen molar-refractivity contribution in [1.82, 2.24) is 4.98 Å². The number of thiazole rings is 1. The number of rotatable bonds is 3. The monoisotopic (exact) mass is 308 g/mol. The highest BCUT2D eigenvalue weighted by molar-refractivity contribution is 7.94. The van der Waals surface area contributed by atoms with Crippen molar-refractivity contribution in [2.45, 2.75) is 30.5 Å². The molecule has 0 N–H and O–H groups in total. The Hall–Kier alpha value is -1.40. The average molecular weight is 308 g/mol. The van der Waals surface area contributed by atoms with Crippen LogP contribution in [0.5, 0.6) is 0 Å². The Bertz CT molecular complexity index is 750. The Balaban J connectivity index is 1.98. The molecular formula is C14H16N2O2S2. The third-order valence-electron chi connectivity index (χ3n) is 3.62. The van der Waals surface area contributed by atoms with Crippen molar-refractivity contribution >= 4 is 27.0 Å². The lowest BCUT2D eigenvalue weighted by molar-refractivity contribution is 0.593. The molecule has 0 amide bonds. The predicted molar refractivity (Wildman–Crippen MR) is 80.9 cm³/mol. The zero-order valence-corrected chi connectivity index (χ0v) is 13.1. The minimum absolute atomic E-state index is 0.151. The lowest BCUT2D eigenvalue weighted by Crippen LogP contribution is -2.26. The first-order chi connectivity index (χ1) is 9.48. The summed E-state index contributed by atoms with van der Waals surface area (Å²) in [5, 5.41) is 1.75. The molecule has 0 fully saturated rings. The number of aryl methyl sites for hydroxylation is 3. The zero-order valence-electron chi connectivity index (χ0n) is 11.5. The number of hydrogen-bond donors (Lipinski definition) is 0. The van der Waals surface area contributed by atoms with Gasteiger partial charge in [-0.25, -0.2) is 4.98 Å². The summed E-state index contributed by atoms with van der Waals surface area (Å²) in [6.45, 7) is 1.80. The minimum atomic E-state index is -3.55. The molecule has 3 rings (SSSR count). The fourth-order valence-electron chi connectivity index (χ4n) is 2.46. The van der Waals surface area contributed by atoms with Crippen LogP contribution in [-0.2, 0) is 22.9 Å². The van der Waals surface area contributed by atoms with Crippen molar-refractivity contribution in [1.29, 1.82) is 0 Å². The van der Waals surface area contributed by atoms with Gasteiger partial charge in [0.25, 0.3) is 10.0 Å². The molecule has 4 nitrogen and oxygen atoms in total. The highest BCUT2D eigenvalue weighted by atomic mass is 32.2. The summed E-state index contributed by atoms with van der Waals surface area (Å²) in [6, 6.07) is 5.90. The van der Waals surface area contributed by atoms with E-state index < -0.39 is 10.0 Å². The van der Waals surface area contributed by atoms with Gasteiger partial charge in [0.1, 0.15) is 0 Å². The number of sulfonamides is 1. The van der Waals surface area contributed by atoms with Gasteiger partial charge in [0, 0.05) is 18.1 Å². The molecule has 0 atom stereocenters. The summed E-state index contributed by atoms with van der Waals surface area (Å²) in [5.74, 6) is 0. The van der Waals surface area contributed by atoms with Crippen molar-refractivity contribution in [3.05, 3.63) is 40.4 Å². The van der Waals surface area contributed by atoms with Crippen molar-refractivity contribution in [2.75, 3.05) is 11.4 Å². The van der Waals surface area contributed by atoms with Gasteiger partial charge in [0.2, 0.25) is 4.34 Å². The molecule has 0 saturated heterocycles. The number of benzene rings is 1. The van der Waals surface area contributed by atoms with Gasteiger partial charge in [-0.15, -0.1) is 11.3 Å². The number of aromatic nitrogens is 1. The molecule has 2 aromatic rings. The summed E-state index contributed by atoms with van der Waals surface area (Å²) >= 11 is 1.16. The summed E-state index contributed by atoms with van der Waals surface area (Å²) in [4.78, 5) is 4.09. The molecule has 0 unspecified atom stereocenters. The van der Waals surface area contributed by atoms with Crippen LogP contribution < -0.4 is 4.31 Å². The molecule has 1 aromatic heterocycles. The molecule has 1 aliphatic carbocycles. The highest BCUT2D eigenvalue weighted by Crippen LogP contribution is 2.29. The maximum absolute atomic E-state index is 12.5. The first-order valence-corrected chi connectivity index (χ1v) is 8.83. The molecule has 20 heavy (non-hydrogen) atoms. The Morgan fingerprint density at radius 2 is 2.00 bits per heavy atom. The third kappa shape index (κ3) is 2.23. The van der Waals surface area contributed by atoms with E-state index in [-0.39, 0.29) is 4.34 Å². The number of nitrogens with zero attached hydrogens (tertiary/aromatic N) is 2. The van der Waals surface area contributed by atoms with E-state index in [9.17, 15) is 8.42 Å². The third-order valence-corrected chi connectivity index (χ3v) is 6.76. The second kappa shape index (κ2) is 4.86. The Kier molecular flexibility index (Phi) is 3.30. The second-order valence-electron chi connectivity index (χ2n) is 5.03. The van der Waals surface area contributed by atoms with Gasteiger partial charge in [0.05, 0.1) is 5.69 Å². The van der Waals surface area contributed by atoms with E-state index >= 15 is 0 Å². The average Bonchev–Trinajstić information content (AvgIpc) is 3.05. The summed E-state index contributed by atoms with van der Waals surface area (Å²) in [7, 11) is -1.96. The van der Waals surface area contributed by atoms with Gasteiger partial charge in [-0.3, -0.25) is 4.31 Å². The van der Waals surface area contributed by atoms with E-state index in [2.05, 4.69) is 4.98 Å². The van der Waals surface area contributed by atoms with Gasteiger partial charge < -0.3 is 0 Å². The van der Waals surface area contributed by atoms with E-state index in [0.29, 0.717) is 5.69 Å². The van der Waals surface area contributed by atoms with Crippen LogP contribution in [0.15, 0.2) is 27.9 Å². The quantitative estimate of drug-likeness (QED) is 0.876. The van der Waals surface area contributed by atoms with Crippen LogP contribution in [0.2, 0.25) is 0 Å². The molecule has 0 spiro atoms. The lowest BCUT2D eigenvalue weighted by Gasteiger charge is -2.18. The maximum Gasteiger partial charge on any atom is 0.291 e. The van der Waals surface area contributed by atoms with Gasteiger partial charge in [-0.2, -0.15) is 8.42 Å². The van der Waals surface area contributed by atoms with Crippen LogP contribution in [0.4, 0.5) is 5.69 Å². The topological polar surface area (TPSA) is 50.3 Å². The lowest BCUT2D eigenvalue weighted by atomic mass is 10.1. The molecule has 6 heteroatoms. The molecular weight excluding hydrogens is 292 g/mol. The Morgan fingerprint density at radius 1 is 1.25 bits per heavy atom. The molecule has 1 aromatic carbocycles. The van der Waals surface area contributed by atoms with Crippen LogP contribution in [0, 0.1) is 6.92 Å². The standard InChI is InChI=1S/C14H16N2O2S2/c1-10-9-19-14(15-10)20(17,18)16(2)13-7-6-11-4-3-5-12(11)8-13/h6-9H,3-5H2,1-2H3. The molecule has 0 saturated carbocycles. The number of hydrogen-bond acceptors (Lipinski definition) is 4. The number of fused-ring (bicyclic) bond motifs is 1. The predicted octanol–water partition coefficient (Wildman–Crippen LogP) is 2.77. The van der Waals surface area contributed by atoms with E-state index in [1.165, 1.54) is 15.4 Å². The summed E-state index contributed by atoms with van der Waals surface area (Å²) in [6.07, 6.45) is 3.28. The van der Waals surface area contributed by atoms with Crippen LogP contribution in [0.25, 0.3) is 0 Å². The van der Waals surface area contributed by atoms with Gasteiger partial charge >= 0.3 is 0 Å². The van der Waals surface area contributed by atoms with Crippen molar-refractivity contribution in [3.63, 3.8) is 0 Å². The molecule has 0 aliphatic heterocycles. The summed E-state index contributed by atoms with van der Waals surface area (Å²) in [5.41, 5.74) is 4.04.